The van der Waals surface area contributed by atoms with Crippen molar-refractivity contribution in [3.63, 3.8) is 0 Å². The van der Waals surface area contributed by atoms with Gasteiger partial charge in [0.15, 0.2) is 5.75 Å². The fourth-order valence-corrected chi connectivity index (χ4v) is 2.38. The lowest BCUT2D eigenvalue weighted by Gasteiger charge is -2.07. The van der Waals surface area contributed by atoms with Crippen LogP contribution < -0.4 is 4.84 Å². The van der Waals surface area contributed by atoms with Crippen LogP contribution in [0.25, 0.3) is 0 Å². The summed E-state index contributed by atoms with van der Waals surface area (Å²) in [5, 5.41) is 13.2. The van der Waals surface area contributed by atoms with Crippen LogP contribution in [0.4, 0.5) is 0 Å². The maximum Gasteiger partial charge on any atom is 0.158 e. The predicted molar refractivity (Wildman–Crippen MR) is 103 cm³/mol. The summed E-state index contributed by atoms with van der Waals surface area (Å²) in [6.07, 6.45) is 5.89. The first-order valence-corrected chi connectivity index (χ1v) is 8.57. The highest BCUT2D eigenvalue weighted by molar-refractivity contribution is 5.84. The van der Waals surface area contributed by atoms with Crippen LogP contribution in [-0.4, -0.2) is 5.71 Å². The van der Waals surface area contributed by atoms with Crippen molar-refractivity contribution in [2.45, 2.75) is 39.5 Å². The van der Waals surface area contributed by atoms with Gasteiger partial charge in [-0.3, -0.25) is 0 Å². The summed E-state index contributed by atoms with van der Waals surface area (Å²) in [7, 11) is 0. The van der Waals surface area contributed by atoms with Gasteiger partial charge in [-0.25, -0.2) is 0 Å². The second-order valence-electron chi connectivity index (χ2n) is 6.19. The summed E-state index contributed by atoms with van der Waals surface area (Å²) in [4.78, 5) is 5.57. The van der Waals surface area contributed by atoms with E-state index in [1.54, 1.807) is 24.3 Å². The molecule has 0 aliphatic rings. The third kappa shape index (κ3) is 7.05. The molecular weight excluding hydrogens is 308 g/mol. The minimum atomic E-state index is 0.615. The Balaban J connectivity index is 2.00. The molecule has 0 fully saturated rings. The normalized spacial score (nSPS) is 10.8. The zero-order valence-corrected chi connectivity index (χ0v) is 14.9. The highest BCUT2D eigenvalue weighted by atomic mass is 16.6. The molecule has 0 bridgehead atoms. The standard InChI is InChI=1S/C22H24N2O/c1-18(2)7-6-10-21(14-11-19-8-4-3-5-9-19)24-25-22-15-12-20(17-23)13-16-22/h3-5,7-9,12-13,15-16H,6,10-11,14H2,1-2H3/b24-21+. The summed E-state index contributed by atoms with van der Waals surface area (Å²) in [6.45, 7) is 4.21. The first-order valence-electron chi connectivity index (χ1n) is 8.57. The largest absolute Gasteiger partial charge is 0.357 e. The molecule has 0 atom stereocenters. The molecule has 0 N–H and O–H groups in total. The van der Waals surface area contributed by atoms with Gasteiger partial charge in [-0.15, -0.1) is 0 Å². The molecule has 128 valence electrons. The van der Waals surface area contributed by atoms with Crippen molar-refractivity contribution in [1.82, 2.24) is 0 Å². The third-order valence-corrected chi connectivity index (χ3v) is 3.79. The fraction of sp³-hybridized carbons (Fsp3) is 0.273. The quantitative estimate of drug-likeness (QED) is 0.355. The third-order valence-electron chi connectivity index (χ3n) is 3.79. The average molecular weight is 332 g/mol. The number of benzene rings is 2. The van der Waals surface area contributed by atoms with Crippen molar-refractivity contribution in [2.24, 2.45) is 5.16 Å². The molecule has 0 unspecified atom stereocenters. The molecule has 3 heteroatoms. The molecule has 0 heterocycles. The van der Waals surface area contributed by atoms with Crippen LogP contribution >= 0.6 is 0 Å². The Kier molecular flexibility index (Phi) is 7.46. The van der Waals surface area contributed by atoms with Gasteiger partial charge in [0.2, 0.25) is 0 Å². The molecule has 0 aliphatic heterocycles. The van der Waals surface area contributed by atoms with E-state index in [0.29, 0.717) is 11.3 Å². The summed E-state index contributed by atoms with van der Waals surface area (Å²) < 4.78 is 0. The summed E-state index contributed by atoms with van der Waals surface area (Å²) in [5.41, 5.74) is 4.28. The molecule has 25 heavy (non-hydrogen) atoms. The van der Waals surface area contributed by atoms with Crippen molar-refractivity contribution < 1.29 is 4.84 Å². The SMILES string of the molecule is CC(C)=CCC/C(CCc1ccccc1)=N\Oc1ccc(C#N)cc1. The number of aryl methyl sites for hydroxylation is 1. The van der Waals surface area contributed by atoms with E-state index >= 15 is 0 Å². The highest BCUT2D eigenvalue weighted by Gasteiger charge is 2.03. The predicted octanol–water partition coefficient (Wildman–Crippen LogP) is 5.67. The molecular formula is C22H24N2O. The molecule has 0 spiro atoms. The number of rotatable bonds is 8. The van der Waals surface area contributed by atoms with Crippen molar-refractivity contribution in [2.75, 3.05) is 0 Å². The fourth-order valence-electron chi connectivity index (χ4n) is 2.38. The van der Waals surface area contributed by atoms with Gasteiger partial charge < -0.3 is 4.84 Å². The minimum Gasteiger partial charge on any atom is -0.357 e. The van der Waals surface area contributed by atoms with E-state index < -0.39 is 0 Å². The molecule has 2 aromatic rings. The van der Waals surface area contributed by atoms with Crippen LogP contribution in [-0.2, 0) is 6.42 Å². The molecule has 0 aromatic heterocycles. The molecule has 0 saturated carbocycles. The summed E-state index contributed by atoms with van der Waals surface area (Å²) in [6, 6.07) is 19.5. The van der Waals surface area contributed by atoms with E-state index in [2.05, 4.69) is 55.4 Å². The van der Waals surface area contributed by atoms with Crippen LogP contribution in [0.5, 0.6) is 5.75 Å². The summed E-state index contributed by atoms with van der Waals surface area (Å²) in [5.74, 6) is 0.651. The van der Waals surface area contributed by atoms with Gasteiger partial charge in [0, 0.05) is 0 Å². The average Bonchev–Trinajstić information content (AvgIpc) is 2.64. The van der Waals surface area contributed by atoms with Crippen LogP contribution in [0.15, 0.2) is 71.4 Å². The smallest absolute Gasteiger partial charge is 0.158 e. The second-order valence-corrected chi connectivity index (χ2v) is 6.19. The minimum absolute atomic E-state index is 0.615. The number of hydrogen-bond acceptors (Lipinski definition) is 3. The van der Waals surface area contributed by atoms with Crippen molar-refractivity contribution in [3.05, 3.63) is 77.4 Å². The molecule has 3 nitrogen and oxygen atoms in total. The molecule has 2 aromatic carbocycles. The van der Waals surface area contributed by atoms with Gasteiger partial charge in [-0.1, -0.05) is 47.1 Å². The number of nitriles is 1. The zero-order chi connectivity index (χ0) is 17.9. The number of oxime groups is 1. The van der Waals surface area contributed by atoms with E-state index in [0.717, 1.165) is 31.4 Å². The monoisotopic (exact) mass is 332 g/mol. The Morgan fingerprint density at radius 2 is 1.76 bits per heavy atom. The van der Waals surface area contributed by atoms with E-state index in [1.165, 1.54) is 11.1 Å². The molecule has 0 radical (unpaired) electrons. The Morgan fingerprint density at radius 1 is 1.04 bits per heavy atom. The second kappa shape index (κ2) is 10.1. The zero-order valence-electron chi connectivity index (χ0n) is 14.9. The maximum absolute atomic E-state index is 8.84. The maximum atomic E-state index is 8.84. The van der Waals surface area contributed by atoms with Crippen molar-refractivity contribution in [3.8, 4) is 11.8 Å². The van der Waals surface area contributed by atoms with Gasteiger partial charge in [-0.05, 0) is 69.4 Å². The number of hydrogen-bond donors (Lipinski definition) is 0. The lowest BCUT2D eigenvalue weighted by Crippen LogP contribution is -2.03. The van der Waals surface area contributed by atoms with Crippen LogP contribution in [0, 0.1) is 11.3 Å². The first kappa shape index (κ1) is 18.5. The Morgan fingerprint density at radius 3 is 2.40 bits per heavy atom. The van der Waals surface area contributed by atoms with E-state index in [-0.39, 0.29) is 0 Å². The van der Waals surface area contributed by atoms with E-state index in [9.17, 15) is 0 Å². The Hall–Kier alpha value is -2.86. The van der Waals surface area contributed by atoms with Crippen molar-refractivity contribution in [1.29, 1.82) is 5.26 Å². The Labute approximate surface area is 150 Å². The van der Waals surface area contributed by atoms with Gasteiger partial charge in [0.1, 0.15) is 0 Å². The van der Waals surface area contributed by atoms with Crippen LogP contribution in [0.2, 0.25) is 0 Å². The highest BCUT2D eigenvalue weighted by Crippen LogP contribution is 2.14. The van der Waals surface area contributed by atoms with Gasteiger partial charge in [0.25, 0.3) is 0 Å². The molecule has 0 amide bonds. The lowest BCUT2D eigenvalue weighted by atomic mass is 10.0. The van der Waals surface area contributed by atoms with Gasteiger partial charge in [-0.2, -0.15) is 5.26 Å². The van der Waals surface area contributed by atoms with Gasteiger partial charge in [0.05, 0.1) is 17.3 Å². The summed E-state index contributed by atoms with van der Waals surface area (Å²) >= 11 is 0. The van der Waals surface area contributed by atoms with E-state index in [1.807, 2.05) is 6.07 Å². The topological polar surface area (TPSA) is 45.4 Å². The first-order chi connectivity index (χ1) is 12.2. The van der Waals surface area contributed by atoms with Gasteiger partial charge >= 0.3 is 0 Å². The van der Waals surface area contributed by atoms with Crippen LogP contribution in [0.3, 0.4) is 0 Å². The van der Waals surface area contributed by atoms with E-state index in [4.69, 9.17) is 10.1 Å². The lowest BCUT2D eigenvalue weighted by molar-refractivity contribution is 0.338. The molecule has 2 rings (SSSR count). The van der Waals surface area contributed by atoms with Crippen LogP contribution in [0.1, 0.15) is 44.2 Å². The van der Waals surface area contributed by atoms with Crippen molar-refractivity contribution >= 4 is 5.71 Å². The number of nitrogens with zero attached hydrogens (tertiary/aromatic N) is 2. The molecule has 0 saturated heterocycles. The Bertz CT molecular complexity index is 749. The molecule has 0 aliphatic carbocycles. The number of allylic oxidation sites excluding steroid dienone is 2.